The fourth-order valence-corrected chi connectivity index (χ4v) is 4.36. The standard InChI is InChI=1S/C19H23N5OS/c1-3-25-17-5-4-15(10-21-17)26-11-13-8-14(9-13)24(2)19-16-6-7-20-18(16)22-12-23-19/h4-7,10,12-14H,3,8-9,11H2,1-2H3,(H,20,22,23). The van der Waals surface area contributed by atoms with Crippen molar-refractivity contribution < 1.29 is 4.74 Å². The number of fused-ring (bicyclic) bond motifs is 1. The number of pyridine rings is 1. The molecule has 0 radical (unpaired) electrons. The third-order valence-electron chi connectivity index (χ3n) is 4.91. The predicted molar refractivity (Wildman–Crippen MR) is 105 cm³/mol. The summed E-state index contributed by atoms with van der Waals surface area (Å²) in [6, 6.07) is 6.63. The highest BCUT2D eigenvalue weighted by Gasteiger charge is 2.33. The van der Waals surface area contributed by atoms with E-state index in [4.69, 9.17) is 4.74 Å². The normalized spacial score (nSPS) is 19.3. The molecule has 0 unspecified atom stereocenters. The van der Waals surface area contributed by atoms with Crippen molar-refractivity contribution >= 4 is 28.6 Å². The number of hydrogen-bond donors (Lipinski definition) is 1. The van der Waals surface area contributed by atoms with Crippen molar-refractivity contribution in [1.82, 2.24) is 19.9 Å². The number of ether oxygens (including phenoxy) is 1. The molecule has 0 saturated heterocycles. The molecular formula is C19H23N5OS. The number of anilines is 1. The lowest BCUT2D eigenvalue weighted by Crippen LogP contribution is -2.43. The van der Waals surface area contributed by atoms with Gasteiger partial charge in [0.05, 0.1) is 12.0 Å². The Morgan fingerprint density at radius 3 is 2.88 bits per heavy atom. The third-order valence-corrected chi connectivity index (χ3v) is 6.13. The summed E-state index contributed by atoms with van der Waals surface area (Å²) in [5.74, 6) is 3.58. The van der Waals surface area contributed by atoms with Crippen LogP contribution in [0.3, 0.4) is 0 Å². The summed E-state index contributed by atoms with van der Waals surface area (Å²) < 4.78 is 5.39. The molecule has 3 heterocycles. The molecule has 0 aliphatic heterocycles. The Bertz CT molecular complexity index is 860. The smallest absolute Gasteiger partial charge is 0.213 e. The van der Waals surface area contributed by atoms with Gasteiger partial charge >= 0.3 is 0 Å². The van der Waals surface area contributed by atoms with Gasteiger partial charge in [0, 0.05) is 42.2 Å². The van der Waals surface area contributed by atoms with Crippen LogP contribution < -0.4 is 9.64 Å². The first-order chi connectivity index (χ1) is 12.7. The van der Waals surface area contributed by atoms with Gasteiger partial charge in [-0.1, -0.05) is 0 Å². The van der Waals surface area contributed by atoms with E-state index in [-0.39, 0.29) is 0 Å². The second kappa shape index (κ2) is 7.53. The number of nitrogens with zero attached hydrogens (tertiary/aromatic N) is 4. The molecule has 7 heteroatoms. The molecule has 1 fully saturated rings. The van der Waals surface area contributed by atoms with Crippen molar-refractivity contribution in [1.29, 1.82) is 0 Å². The Labute approximate surface area is 157 Å². The van der Waals surface area contributed by atoms with Gasteiger partial charge in [0.15, 0.2) is 0 Å². The minimum atomic E-state index is 0.548. The van der Waals surface area contributed by atoms with Crippen molar-refractivity contribution in [2.45, 2.75) is 30.7 Å². The summed E-state index contributed by atoms with van der Waals surface area (Å²) in [6.07, 6.45) is 7.85. The molecule has 136 valence electrons. The number of H-pyrrole nitrogens is 1. The predicted octanol–water partition coefficient (Wildman–Crippen LogP) is 3.76. The molecule has 1 saturated carbocycles. The molecule has 0 atom stereocenters. The number of hydrogen-bond acceptors (Lipinski definition) is 6. The van der Waals surface area contributed by atoms with Gasteiger partial charge < -0.3 is 14.6 Å². The first-order valence-electron chi connectivity index (χ1n) is 8.97. The molecule has 6 nitrogen and oxygen atoms in total. The van der Waals surface area contributed by atoms with Crippen LogP contribution in [0.1, 0.15) is 19.8 Å². The highest BCUT2D eigenvalue weighted by molar-refractivity contribution is 7.99. The van der Waals surface area contributed by atoms with Crippen LogP contribution in [-0.4, -0.2) is 45.4 Å². The minimum absolute atomic E-state index is 0.548. The lowest BCUT2D eigenvalue weighted by molar-refractivity contribution is 0.286. The first kappa shape index (κ1) is 17.1. The van der Waals surface area contributed by atoms with Crippen molar-refractivity contribution in [3.05, 3.63) is 36.9 Å². The summed E-state index contributed by atoms with van der Waals surface area (Å²) in [5, 5.41) is 1.09. The van der Waals surface area contributed by atoms with Gasteiger partial charge in [0.1, 0.15) is 17.8 Å². The molecule has 4 rings (SSSR count). The lowest BCUT2D eigenvalue weighted by Gasteiger charge is -2.41. The van der Waals surface area contributed by atoms with E-state index in [1.807, 2.05) is 43.2 Å². The maximum Gasteiger partial charge on any atom is 0.213 e. The Morgan fingerprint density at radius 1 is 1.23 bits per heavy atom. The number of aromatic nitrogens is 4. The van der Waals surface area contributed by atoms with Crippen LogP contribution in [0.15, 0.2) is 41.8 Å². The van der Waals surface area contributed by atoms with E-state index in [1.54, 1.807) is 6.33 Å². The molecule has 1 aliphatic rings. The van der Waals surface area contributed by atoms with Gasteiger partial charge in [0.2, 0.25) is 5.88 Å². The highest BCUT2D eigenvalue weighted by atomic mass is 32.2. The first-order valence-corrected chi connectivity index (χ1v) is 9.95. The SMILES string of the molecule is CCOc1ccc(SCC2CC(N(C)c3ncnc4[nH]ccc34)C2)cn1. The molecular weight excluding hydrogens is 346 g/mol. The van der Waals surface area contributed by atoms with Crippen LogP contribution in [0.25, 0.3) is 11.0 Å². The van der Waals surface area contributed by atoms with Crippen molar-refractivity contribution in [2.24, 2.45) is 5.92 Å². The van der Waals surface area contributed by atoms with Crippen LogP contribution in [0.4, 0.5) is 5.82 Å². The maximum absolute atomic E-state index is 5.39. The van der Waals surface area contributed by atoms with Crippen LogP contribution in [-0.2, 0) is 0 Å². The zero-order valence-corrected chi connectivity index (χ0v) is 15.9. The quantitative estimate of drug-likeness (QED) is 0.640. The Hall–Kier alpha value is -2.28. The summed E-state index contributed by atoms with van der Waals surface area (Å²) in [5.41, 5.74) is 0.899. The van der Waals surface area contributed by atoms with Gasteiger partial charge in [0.25, 0.3) is 0 Å². The van der Waals surface area contributed by atoms with E-state index in [9.17, 15) is 0 Å². The van der Waals surface area contributed by atoms with E-state index in [0.717, 1.165) is 28.5 Å². The minimum Gasteiger partial charge on any atom is -0.478 e. The largest absolute Gasteiger partial charge is 0.478 e. The molecule has 0 aromatic carbocycles. The molecule has 0 bridgehead atoms. The summed E-state index contributed by atoms with van der Waals surface area (Å²) >= 11 is 1.88. The molecule has 3 aromatic rings. The average Bonchev–Trinajstić information content (AvgIpc) is 3.10. The van der Waals surface area contributed by atoms with E-state index in [0.29, 0.717) is 18.5 Å². The van der Waals surface area contributed by atoms with Crippen LogP contribution in [0, 0.1) is 5.92 Å². The Kier molecular flexibility index (Phi) is 4.97. The summed E-state index contributed by atoms with van der Waals surface area (Å²) in [6.45, 7) is 2.62. The molecule has 0 spiro atoms. The molecule has 1 N–H and O–H groups in total. The van der Waals surface area contributed by atoms with Crippen molar-refractivity contribution in [3.8, 4) is 5.88 Å². The van der Waals surface area contributed by atoms with Gasteiger partial charge in [-0.25, -0.2) is 15.0 Å². The van der Waals surface area contributed by atoms with E-state index < -0.39 is 0 Å². The van der Waals surface area contributed by atoms with Crippen LogP contribution in [0.5, 0.6) is 5.88 Å². The zero-order valence-electron chi connectivity index (χ0n) is 15.1. The van der Waals surface area contributed by atoms with E-state index in [1.165, 1.54) is 17.7 Å². The second-order valence-corrected chi connectivity index (χ2v) is 7.71. The topological polar surface area (TPSA) is 66.9 Å². The molecule has 1 aliphatic carbocycles. The van der Waals surface area contributed by atoms with Gasteiger partial charge in [-0.2, -0.15) is 0 Å². The van der Waals surface area contributed by atoms with Crippen molar-refractivity contribution in [2.75, 3.05) is 24.3 Å². The second-order valence-electron chi connectivity index (χ2n) is 6.62. The summed E-state index contributed by atoms with van der Waals surface area (Å²) in [4.78, 5) is 19.8. The van der Waals surface area contributed by atoms with Crippen LogP contribution in [0.2, 0.25) is 0 Å². The van der Waals surface area contributed by atoms with Crippen molar-refractivity contribution in [3.63, 3.8) is 0 Å². The number of nitrogens with one attached hydrogen (secondary N) is 1. The van der Waals surface area contributed by atoms with Gasteiger partial charge in [-0.3, -0.25) is 0 Å². The Balaban J connectivity index is 1.29. The Morgan fingerprint density at radius 2 is 2.12 bits per heavy atom. The van der Waals surface area contributed by atoms with Gasteiger partial charge in [-0.15, -0.1) is 11.8 Å². The molecule has 26 heavy (non-hydrogen) atoms. The fourth-order valence-electron chi connectivity index (χ4n) is 3.36. The molecule has 3 aromatic heterocycles. The highest BCUT2D eigenvalue weighted by Crippen LogP contribution is 2.38. The monoisotopic (exact) mass is 369 g/mol. The maximum atomic E-state index is 5.39. The van der Waals surface area contributed by atoms with E-state index >= 15 is 0 Å². The number of thioether (sulfide) groups is 1. The third kappa shape index (κ3) is 3.49. The molecule has 0 amide bonds. The fraction of sp³-hybridized carbons (Fsp3) is 0.421. The summed E-state index contributed by atoms with van der Waals surface area (Å²) in [7, 11) is 2.14. The van der Waals surface area contributed by atoms with Gasteiger partial charge in [-0.05, 0) is 37.8 Å². The lowest BCUT2D eigenvalue weighted by atomic mass is 9.81. The zero-order chi connectivity index (χ0) is 17.9. The number of rotatable bonds is 7. The van der Waals surface area contributed by atoms with E-state index in [2.05, 4.69) is 37.9 Å². The average molecular weight is 369 g/mol. The number of aromatic amines is 1. The van der Waals surface area contributed by atoms with Crippen LogP contribution >= 0.6 is 11.8 Å².